The standard InChI is InChI=1S/C18H32N2O2.2C17H30N2O2.C16H28N2O2.C15H26N2O2/c1-6-11-20(12-7-2)13-9-8-10-19-15-14(18(3,4)5)16(21)17(15)22;1-7-10-18(5)11-8-9-12-19(6)14-13(17(2,3)4)15(20)16(14)21;1-7-19(8-2)12-10-9-11-18(6)14-13(17(3,4)5)15(20)16(14)21;1-7-17(5)10-8-9-11-18(6)13-12(16(2,3)4)14(19)15(13)20;1-15(2,3)11-12(14(19)13(11)18)17(6)10-8-7-9-16(4)5/h19H,6-13H2,1-5H3;2*7-12H2,1-6H3;7-11H2,1-6H3;7-10H2,1-6H3. The van der Waals surface area contributed by atoms with Crippen molar-refractivity contribution in [3.05, 3.63) is 130 Å². The second-order valence-electron chi connectivity index (χ2n) is 34.2. The minimum Gasteiger partial charge on any atom is -0.381 e. The lowest BCUT2D eigenvalue weighted by Crippen LogP contribution is -2.46. The number of hydrogen-bond donors (Lipinski definition) is 1. The lowest BCUT2D eigenvalue weighted by Gasteiger charge is -2.29. The molecular formula is C83H146N10O10. The normalized spacial score (nSPS) is 12.3. The van der Waals surface area contributed by atoms with Crippen molar-refractivity contribution in [1.82, 2.24) is 24.5 Å². The van der Waals surface area contributed by atoms with Crippen molar-refractivity contribution < 1.29 is 0 Å². The van der Waals surface area contributed by atoms with Crippen LogP contribution in [-0.4, -0.2) is 186 Å². The van der Waals surface area contributed by atoms with Gasteiger partial charge in [-0.15, -0.1) is 0 Å². The molecule has 0 amide bonds. The molecule has 0 aliphatic rings. The van der Waals surface area contributed by atoms with E-state index in [0.717, 1.165) is 169 Å². The lowest BCUT2D eigenvalue weighted by molar-refractivity contribution is 0.270. The van der Waals surface area contributed by atoms with E-state index in [2.05, 4.69) is 99.5 Å². The van der Waals surface area contributed by atoms with Crippen LogP contribution in [0.3, 0.4) is 0 Å². The van der Waals surface area contributed by atoms with Gasteiger partial charge in [0, 0.05) is 88.7 Å². The second-order valence-corrected chi connectivity index (χ2v) is 34.2. The Morgan fingerprint density at radius 3 is 0.796 bits per heavy atom. The van der Waals surface area contributed by atoms with Crippen LogP contribution in [0.2, 0.25) is 0 Å². The molecule has 5 aromatic carbocycles. The van der Waals surface area contributed by atoms with Gasteiger partial charge >= 0.3 is 0 Å². The van der Waals surface area contributed by atoms with Crippen LogP contribution in [-0.2, 0) is 27.1 Å². The molecule has 0 heterocycles. The first-order valence-corrected chi connectivity index (χ1v) is 38.9. The molecule has 0 fully saturated rings. The lowest BCUT2D eigenvalue weighted by atomic mass is 9.82. The highest BCUT2D eigenvalue weighted by Gasteiger charge is 2.36. The molecule has 0 aliphatic carbocycles. The molecular weight excluding hydrogens is 1300 g/mol. The first-order chi connectivity index (χ1) is 47.6. The smallest absolute Gasteiger partial charge is 0.249 e. The third-order valence-electron chi connectivity index (χ3n) is 19.2. The summed E-state index contributed by atoms with van der Waals surface area (Å²) in [6, 6.07) is 0. The number of hydrogen-bond acceptors (Lipinski definition) is 20. The van der Waals surface area contributed by atoms with Crippen LogP contribution in [0.4, 0.5) is 28.4 Å². The van der Waals surface area contributed by atoms with Gasteiger partial charge in [0.2, 0.25) is 54.3 Å². The Bertz CT molecular complexity index is 3660. The van der Waals surface area contributed by atoms with Crippen molar-refractivity contribution in [2.45, 2.75) is 256 Å². The molecule has 0 aromatic heterocycles. The molecule has 1 N–H and O–H groups in total. The predicted molar refractivity (Wildman–Crippen MR) is 442 cm³/mol. The molecule has 0 aliphatic heterocycles. The number of anilines is 5. The summed E-state index contributed by atoms with van der Waals surface area (Å²) in [6.07, 6.45) is 14.3. The summed E-state index contributed by atoms with van der Waals surface area (Å²) in [7, 11) is 16.0. The third kappa shape index (κ3) is 29.1. The zero-order chi connectivity index (χ0) is 79.5. The van der Waals surface area contributed by atoms with E-state index in [9.17, 15) is 47.9 Å². The Morgan fingerprint density at radius 1 is 0.252 bits per heavy atom. The molecule has 0 atom stereocenters. The van der Waals surface area contributed by atoms with E-state index in [1.165, 1.54) is 19.3 Å². The third-order valence-corrected chi connectivity index (χ3v) is 19.2. The fourth-order valence-electron chi connectivity index (χ4n) is 13.2. The van der Waals surface area contributed by atoms with Gasteiger partial charge < -0.3 is 49.4 Å². The highest BCUT2D eigenvalue weighted by atomic mass is 16.2. The summed E-state index contributed by atoms with van der Waals surface area (Å²) in [6.45, 7) is 59.0. The van der Waals surface area contributed by atoms with E-state index >= 15 is 0 Å². The van der Waals surface area contributed by atoms with E-state index < -0.39 is 0 Å². The molecule has 0 saturated carbocycles. The van der Waals surface area contributed by atoms with Gasteiger partial charge in [-0.25, -0.2) is 0 Å². The number of unbranched alkanes of at least 4 members (excludes halogenated alkanes) is 5. The maximum absolute atomic E-state index is 11.8. The first kappa shape index (κ1) is 95.2. The number of nitrogens with one attached hydrogen (secondary N) is 1. The first-order valence-electron chi connectivity index (χ1n) is 38.9. The Balaban J connectivity index is 0.000000644. The van der Waals surface area contributed by atoms with Crippen LogP contribution < -0.4 is 79.2 Å². The largest absolute Gasteiger partial charge is 0.381 e. The SMILES string of the molecule is CCCN(C)CCCCN(C)c1c(C(C)(C)C)c(=O)c1=O.CCCN(CCC)CCCCNc1c(C(C)(C)C)c(=O)c1=O.CCN(C)CCCCN(C)c1c(C(C)(C)C)c(=O)c1=O.CCN(CC)CCCCN(C)c1c(C(C)(C)C)c(=O)c1=O.CN(C)CCCCN(C)c1c(C(C)(C)C)c(=O)c1=O. The quantitative estimate of drug-likeness (QED) is 0.0286. The van der Waals surface area contributed by atoms with Crippen LogP contribution in [0, 0.1) is 0 Å². The van der Waals surface area contributed by atoms with Crippen molar-refractivity contribution in [3.8, 4) is 0 Å². The molecule has 0 radical (unpaired) electrons. The zero-order valence-corrected chi connectivity index (χ0v) is 70.6. The average Bonchev–Trinajstić information content (AvgIpc) is 0.780. The van der Waals surface area contributed by atoms with Gasteiger partial charge in [0.15, 0.2) is 0 Å². The van der Waals surface area contributed by atoms with E-state index in [1.807, 2.05) is 152 Å². The van der Waals surface area contributed by atoms with Gasteiger partial charge in [0.25, 0.3) is 0 Å². The summed E-state index contributed by atoms with van der Waals surface area (Å²) in [5, 5.41) is 3.18. The average molecular weight is 1440 g/mol. The molecule has 5 rings (SSSR count). The van der Waals surface area contributed by atoms with Gasteiger partial charge in [0.1, 0.15) is 0 Å². The summed E-state index contributed by atoms with van der Waals surface area (Å²) < 4.78 is 0. The highest BCUT2D eigenvalue weighted by molar-refractivity contribution is 5.64. The van der Waals surface area contributed by atoms with Crippen LogP contribution in [0.15, 0.2) is 47.9 Å². The van der Waals surface area contributed by atoms with Gasteiger partial charge in [-0.2, -0.15) is 0 Å². The number of rotatable bonds is 39. The van der Waals surface area contributed by atoms with Crippen molar-refractivity contribution in [2.75, 3.05) is 186 Å². The van der Waals surface area contributed by atoms with Crippen LogP contribution in [0.25, 0.3) is 0 Å². The van der Waals surface area contributed by atoms with Crippen molar-refractivity contribution in [1.29, 1.82) is 0 Å². The molecule has 0 bridgehead atoms. The molecule has 20 nitrogen and oxygen atoms in total. The summed E-state index contributed by atoms with van der Waals surface area (Å²) >= 11 is 0. The molecule has 20 heteroatoms. The molecule has 0 spiro atoms. The molecule has 0 saturated heterocycles. The number of nitrogens with zero attached hydrogens (tertiary/aromatic N) is 9. The maximum Gasteiger partial charge on any atom is 0.249 e. The summed E-state index contributed by atoms with van der Waals surface area (Å²) in [5.74, 6) is 0. The van der Waals surface area contributed by atoms with Crippen LogP contribution in [0.1, 0.15) is 257 Å². The molecule has 5 aromatic rings. The zero-order valence-electron chi connectivity index (χ0n) is 70.6. The van der Waals surface area contributed by atoms with Crippen LogP contribution in [0.5, 0.6) is 0 Å². The molecule has 103 heavy (non-hydrogen) atoms. The Hall–Kier alpha value is -5.80. The van der Waals surface area contributed by atoms with Crippen molar-refractivity contribution >= 4 is 28.4 Å². The van der Waals surface area contributed by atoms with E-state index in [4.69, 9.17) is 0 Å². The molecule has 0 unspecified atom stereocenters. The Kier molecular flexibility index (Phi) is 40.4. The Labute approximate surface area is 622 Å². The summed E-state index contributed by atoms with van der Waals surface area (Å²) in [4.78, 5) is 137. The van der Waals surface area contributed by atoms with Gasteiger partial charge in [-0.05, 0) is 211 Å². The van der Waals surface area contributed by atoms with Crippen LogP contribution >= 0.6 is 0 Å². The second kappa shape index (κ2) is 43.7. The molecule has 588 valence electrons. The van der Waals surface area contributed by atoms with E-state index in [1.54, 1.807) is 0 Å². The van der Waals surface area contributed by atoms with E-state index in [-0.39, 0.29) is 81.4 Å². The van der Waals surface area contributed by atoms with Gasteiger partial charge in [-0.3, -0.25) is 47.9 Å². The minimum atomic E-state index is -0.344. The Morgan fingerprint density at radius 2 is 0.515 bits per heavy atom. The fourth-order valence-corrected chi connectivity index (χ4v) is 13.2. The van der Waals surface area contributed by atoms with Gasteiger partial charge in [0.05, 0.1) is 28.4 Å². The highest BCUT2D eigenvalue weighted by Crippen LogP contribution is 2.32. The summed E-state index contributed by atoms with van der Waals surface area (Å²) in [5.41, 5.74) is 2.11. The predicted octanol–water partition coefficient (Wildman–Crippen LogP) is 10.3. The topological polar surface area (TPSA) is 212 Å². The van der Waals surface area contributed by atoms with Crippen molar-refractivity contribution in [3.63, 3.8) is 0 Å². The minimum absolute atomic E-state index is 0.252. The van der Waals surface area contributed by atoms with E-state index in [0.29, 0.717) is 56.3 Å². The monoisotopic (exact) mass is 1440 g/mol. The fraction of sp³-hybridized carbons (Fsp3) is 0.759. The van der Waals surface area contributed by atoms with Crippen molar-refractivity contribution in [2.24, 2.45) is 0 Å². The van der Waals surface area contributed by atoms with Gasteiger partial charge in [-0.1, -0.05) is 145 Å². The maximum atomic E-state index is 11.8.